The van der Waals surface area contributed by atoms with Crippen LogP contribution < -0.4 is 4.90 Å². The van der Waals surface area contributed by atoms with Crippen LogP contribution in [0.4, 0.5) is 5.69 Å². The van der Waals surface area contributed by atoms with Crippen molar-refractivity contribution in [2.75, 3.05) is 18.0 Å². The number of nitriles is 2. The van der Waals surface area contributed by atoms with Crippen LogP contribution in [0, 0.1) is 28.6 Å². The number of H-pyrrole nitrogens is 1. The van der Waals surface area contributed by atoms with Gasteiger partial charge in [0.1, 0.15) is 18.0 Å². The highest BCUT2D eigenvalue weighted by Gasteiger charge is 2.32. The Morgan fingerprint density at radius 1 is 1.19 bits per heavy atom. The number of hydrogen-bond acceptors (Lipinski definition) is 6. The van der Waals surface area contributed by atoms with Gasteiger partial charge in [-0.25, -0.2) is 9.97 Å². The van der Waals surface area contributed by atoms with E-state index in [0.29, 0.717) is 12.0 Å². The summed E-state index contributed by atoms with van der Waals surface area (Å²) in [7, 11) is 0. The van der Waals surface area contributed by atoms with E-state index in [2.05, 4.69) is 37.1 Å². The Kier molecular flexibility index (Phi) is 4.81. The first-order chi connectivity index (χ1) is 15.3. The molecule has 152 valence electrons. The number of aromatic nitrogens is 5. The van der Waals surface area contributed by atoms with Gasteiger partial charge >= 0.3 is 0 Å². The number of rotatable bonds is 5. The molecule has 4 heterocycles. The van der Waals surface area contributed by atoms with Gasteiger partial charge in [0.05, 0.1) is 41.7 Å². The molecule has 5 rings (SSSR count). The molecule has 0 spiro atoms. The summed E-state index contributed by atoms with van der Waals surface area (Å²) in [6.45, 7) is 1.64. The summed E-state index contributed by atoms with van der Waals surface area (Å²) in [5.74, 6) is 0.261. The molecule has 8 nitrogen and oxygen atoms in total. The van der Waals surface area contributed by atoms with Crippen molar-refractivity contribution in [3.8, 4) is 23.4 Å². The number of hydrogen-bond donors (Lipinski definition) is 1. The molecular weight excluding hydrogens is 388 g/mol. The van der Waals surface area contributed by atoms with Crippen LogP contribution in [0.1, 0.15) is 24.4 Å². The van der Waals surface area contributed by atoms with E-state index in [1.165, 1.54) is 0 Å². The fourth-order valence-electron chi connectivity index (χ4n) is 4.48. The Morgan fingerprint density at radius 2 is 2.10 bits per heavy atom. The molecule has 1 aliphatic heterocycles. The van der Waals surface area contributed by atoms with E-state index in [9.17, 15) is 10.5 Å². The van der Waals surface area contributed by atoms with Gasteiger partial charge in [0.25, 0.3) is 0 Å². The van der Waals surface area contributed by atoms with Crippen molar-refractivity contribution in [3.05, 3.63) is 60.8 Å². The first-order valence-corrected chi connectivity index (χ1v) is 10.2. The molecule has 2 unspecified atom stereocenters. The van der Waals surface area contributed by atoms with Gasteiger partial charge in [-0.1, -0.05) is 12.1 Å². The molecule has 0 aliphatic carbocycles. The molecule has 31 heavy (non-hydrogen) atoms. The molecule has 0 bridgehead atoms. The fraction of sp³-hybridized carbons (Fsp3) is 0.261. The molecule has 1 aromatic carbocycles. The van der Waals surface area contributed by atoms with Crippen molar-refractivity contribution in [2.24, 2.45) is 5.92 Å². The van der Waals surface area contributed by atoms with Crippen molar-refractivity contribution in [1.29, 1.82) is 10.5 Å². The second-order valence-electron chi connectivity index (χ2n) is 7.72. The maximum atomic E-state index is 9.49. The predicted molar refractivity (Wildman–Crippen MR) is 116 cm³/mol. The maximum Gasteiger partial charge on any atom is 0.141 e. The van der Waals surface area contributed by atoms with Crippen molar-refractivity contribution < 1.29 is 0 Å². The Morgan fingerprint density at radius 3 is 2.97 bits per heavy atom. The lowest BCUT2D eigenvalue weighted by Crippen LogP contribution is -2.25. The van der Waals surface area contributed by atoms with Crippen LogP contribution in [0.2, 0.25) is 0 Å². The lowest BCUT2D eigenvalue weighted by molar-refractivity contribution is 0.332. The van der Waals surface area contributed by atoms with E-state index in [-0.39, 0.29) is 12.0 Å². The summed E-state index contributed by atoms with van der Waals surface area (Å²) in [6.07, 6.45) is 8.48. The van der Waals surface area contributed by atoms with Crippen molar-refractivity contribution in [2.45, 2.75) is 18.9 Å². The largest absolute Gasteiger partial charge is 0.370 e. The number of aromatic amines is 1. The minimum atomic E-state index is -0.0402. The maximum absolute atomic E-state index is 9.49. The molecule has 8 heteroatoms. The second-order valence-corrected chi connectivity index (χ2v) is 7.72. The van der Waals surface area contributed by atoms with Crippen LogP contribution in [0.3, 0.4) is 0 Å². The zero-order valence-electron chi connectivity index (χ0n) is 16.8. The molecule has 1 fully saturated rings. The highest BCUT2D eigenvalue weighted by Crippen LogP contribution is 2.35. The highest BCUT2D eigenvalue weighted by atomic mass is 15.3. The average Bonchev–Trinajstić information content (AvgIpc) is 3.57. The quantitative estimate of drug-likeness (QED) is 0.539. The van der Waals surface area contributed by atoms with E-state index in [4.69, 9.17) is 0 Å². The van der Waals surface area contributed by atoms with E-state index in [1.54, 1.807) is 12.5 Å². The molecule has 0 amide bonds. The Bertz CT molecular complexity index is 1300. The number of nitrogens with zero attached hydrogens (tertiary/aromatic N) is 7. The molecule has 2 atom stereocenters. The number of anilines is 1. The normalized spacial score (nSPS) is 16.8. The molecule has 0 saturated carbocycles. The van der Waals surface area contributed by atoms with Crippen LogP contribution in [-0.2, 0) is 0 Å². The van der Waals surface area contributed by atoms with E-state index < -0.39 is 0 Å². The first kappa shape index (κ1) is 18.8. The molecule has 1 saturated heterocycles. The van der Waals surface area contributed by atoms with Crippen LogP contribution in [-0.4, -0.2) is 37.8 Å². The summed E-state index contributed by atoms with van der Waals surface area (Å²) in [5, 5.41) is 24.5. The highest BCUT2D eigenvalue weighted by molar-refractivity contribution is 5.89. The zero-order chi connectivity index (χ0) is 21.2. The summed E-state index contributed by atoms with van der Waals surface area (Å²) in [4.78, 5) is 14.0. The van der Waals surface area contributed by atoms with Crippen LogP contribution in [0.25, 0.3) is 22.3 Å². The monoisotopic (exact) mass is 408 g/mol. The minimum absolute atomic E-state index is 0.0402. The van der Waals surface area contributed by atoms with Crippen LogP contribution >= 0.6 is 0 Å². The third-order valence-electron chi connectivity index (χ3n) is 6.00. The van der Waals surface area contributed by atoms with E-state index in [1.807, 2.05) is 47.4 Å². The summed E-state index contributed by atoms with van der Waals surface area (Å²) in [5.41, 5.74) is 4.15. The van der Waals surface area contributed by atoms with Crippen molar-refractivity contribution in [1.82, 2.24) is 24.7 Å². The molecule has 1 aliphatic rings. The number of para-hydroxylation sites is 1. The van der Waals surface area contributed by atoms with Gasteiger partial charge in [0.2, 0.25) is 0 Å². The fourth-order valence-corrected chi connectivity index (χ4v) is 4.48. The average molecular weight is 408 g/mol. The minimum Gasteiger partial charge on any atom is -0.370 e. The van der Waals surface area contributed by atoms with Gasteiger partial charge in [-0.15, -0.1) is 0 Å². The summed E-state index contributed by atoms with van der Waals surface area (Å²) in [6, 6.07) is 14.2. The third-order valence-corrected chi connectivity index (χ3v) is 6.00. The summed E-state index contributed by atoms with van der Waals surface area (Å²) >= 11 is 0. The second kappa shape index (κ2) is 7.92. The first-order valence-electron chi connectivity index (χ1n) is 10.2. The topological polar surface area (TPSA) is 110 Å². The number of fused-ring (bicyclic) bond motifs is 1. The standard InChI is InChI=1S/C23H20N8/c24-8-5-21(17-7-10-30(13-17)20-4-2-1-3-16(20)11-25)31-14-18(12-29-31)22-19-6-9-26-23(19)28-15-27-22/h1-4,6,9,12,14-15,17,21H,5,7,10,13H2,(H,26,27,28). The Hall–Kier alpha value is -4.17. The van der Waals surface area contributed by atoms with Crippen molar-refractivity contribution in [3.63, 3.8) is 0 Å². The molecule has 3 aromatic heterocycles. The van der Waals surface area contributed by atoms with Crippen molar-refractivity contribution >= 4 is 16.7 Å². The Balaban J connectivity index is 1.42. The summed E-state index contributed by atoms with van der Waals surface area (Å²) < 4.78 is 1.91. The van der Waals surface area contributed by atoms with Gasteiger partial charge in [0.15, 0.2) is 0 Å². The van der Waals surface area contributed by atoms with Gasteiger partial charge in [-0.2, -0.15) is 15.6 Å². The molecule has 1 N–H and O–H groups in total. The smallest absolute Gasteiger partial charge is 0.141 e. The van der Waals surface area contributed by atoms with Crippen LogP contribution in [0.5, 0.6) is 0 Å². The SMILES string of the molecule is N#CCC(C1CCN(c2ccccc2C#N)C1)n1cc(-c2ncnc3[nH]ccc23)cn1. The molecular formula is C23H20N8. The third kappa shape index (κ3) is 3.38. The Labute approximate surface area is 179 Å². The predicted octanol–water partition coefficient (Wildman–Crippen LogP) is 3.67. The zero-order valence-corrected chi connectivity index (χ0v) is 16.8. The lowest BCUT2D eigenvalue weighted by atomic mass is 9.96. The molecule has 4 aromatic rings. The number of nitrogens with one attached hydrogen (secondary N) is 1. The van der Waals surface area contributed by atoms with Gasteiger partial charge < -0.3 is 9.88 Å². The van der Waals surface area contributed by atoms with E-state index in [0.717, 1.165) is 47.5 Å². The van der Waals surface area contributed by atoms with E-state index >= 15 is 0 Å². The molecule has 0 radical (unpaired) electrons. The van der Waals surface area contributed by atoms with Crippen LogP contribution in [0.15, 0.2) is 55.2 Å². The van der Waals surface area contributed by atoms with Gasteiger partial charge in [0, 0.05) is 42.4 Å². The lowest BCUT2D eigenvalue weighted by Gasteiger charge is -2.24. The number of benzene rings is 1. The van der Waals surface area contributed by atoms with Gasteiger partial charge in [-0.05, 0) is 24.6 Å². The van der Waals surface area contributed by atoms with Gasteiger partial charge in [-0.3, -0.25) is 4.68 Å².